The number of aromatic nitrogens is 1. The van der Waals surface area contributed by atoms with Gasteiger partial charge in [-0.05, 0) is 36.6 Å². The number of unbranched alkanes of at least 4 members (excludes halogenated alkanes) is 1. The highest BCUT2D eigenvalue weighted by atomic mass is 16.5. The number of rotatable bonds is 9. The number of hydrogen-bond donors (Lipinski definition) is 2. The molecule has 0 spiro atoms. The van der Waals surface area contributed by atoms with Gasteiger partial charge in [-0.1, -0.05) is 33.3 Å². The molecule has 3 aromatic rings. The van der Waals surface area contributed by atoms with Crippen molar-refractivity contribution in [2.24, 2.45) is 5.92 Å². The molecule has 2 N–H and O–H groups in total. The highest BCUT2D eigenvalue weighted by Gasteiger charge is 2.20. The van der Waals surface area contributed by atoms with Gasteiger partial charge in [-0.2, -0.15) is 0 Å². The van der Waals surface area contributed by atoms with Crippen molar-refractivity contribution in [1.82, 2.24) is 9.88 Å². The van der Waals surface area contributed by atoms with Crippen LogP contribution in [-0.4, -0.2) is 22.4 Å². The van der Waals surface area contributed by atoms with Gasteiger partial charge in [-0.25, -0.2) is 4.79 Å². The van der Waals surface area contributed by atoms with E-state index in [1.165, 1.54) is 0 Å². The Hall–Kier alpha value is -3.22. The van der Waals surface area contributed by atoms with Crippen molar-refractivity contribution in [3.8, 4) is 17.1 Å². The Bertz CT molecular complexity index is 1070. The van der Waals surface area contributed by atoms with Crippen LogP contribution >= 0.6 is 0 Å². The number of ether oxygens (including phenoxy) is 1. The number of pyridine rings is 1. The largest absolute Gasteiger partial charge is 0.491 e. The van der Waals surface area contributed by atoms with Crippen molar-refractivity contribution >= 4 is 16.9 Å². The van der Waals surface area contributed by atoms with Crippen LogP contribution in [0.1, 0.15) is 39.3 Å². The van der Waals surface area contributed by atoms with Gasteiger partial charge >= 0.3 is 6.09 Å². The van der Waals surface area contributed by atoms with E-state index in [0.717, 1.165) is 18.4 Å². The number of benzene rings is 1. The molecule has 0 bridgehead atoms. The van der Waals surface area contributed by atoms with Crippen LogP contribution in [0.4, 0.5) is 4.79 Å². The van der Waals surface area contributed by atoms with Gasteiger partial charge in [0.05, 0.1) is 30.5 Å². The summed E-state index contributed by atoms with van der Waals surface area (Å²) in [6.45, 7) is 7.04. The van der Waals surface area contributed by atoms with Gasteiger partial charge in [0, 0.05) is 17.5 Å². The van der Waals surface area contributed by atoms with Gasteiger partial charge in [0.2, 0.25) is 0 Å². The number of hydrogen-bond acceptors (Lipinski definition) is 4. The summed E-state index contributed by atoms with van der Waals surface area (Å²) in [5.74, 6) is 1.43. The monoisotopic (exact) mass is 412 g/mol. The van der Waals surface area contributed by atoms with Crippen LogP contribution in [0.15, 0.2) is 45.8 Å². The highest BCUT2D eigenvalue weighted by Crippen LogP contribution is 2.32. The van der Waals surface area contributed by atoms with Crippen LogP contribution in [0.5, 0.6) is 5.75 Å². The van der Waals surface area contributed by atoms with Gasteiger partial charge in [0.1, 0.15) is 11.5 Å². The molecule has 0 saturated carbocycles. The predicted octanol–water partition coefficient (Wildman–Crippen LogP) is 4.86. The molecule has 7 heteroatoms. The highest BCUT2D eigenvalue weighted by molar-refractivity contribution is 5.92. The summed E-state index contributed by atoms with van der Waals surface area (Å²) in [7, 11) is 0. The second-order valence-corrected chi connectivity index (χ2v) is 7.68. The fraction of sp³-hybridized carbons (Fsp3) is 0.391. The molecule has 0 aliphatic rings. The van der Waals surface area contributed by atoms with Crippen molar-refractivity contribution in [3.05, 3.63) is 52.6 Å². The van der Waals surface area contributed by atoms with Gasteiger partial charge in [0.15, 0.2) is 0 Å². The van der Waals surface area contributed by atoms with Crippen LogP contribution < -0.4 is 15.6 Å². The SMILES string of the molecule is CCCCOc1c(CNC(=O)O)n(CC(C)C)c(=O)c2ccc(-c3ccco3)cc12. The third-order valence-corrected chi connectivity index (χ3v) is 4.83. The van der Waals surface area contributed by atoms with Crippen LogP contribution in [0.2, 0.25) is 0 Å². The van der Waals surface area contributed by atoms with Crippen LogP contribution in [0, 0.1) is 5.92 Å². The van der Waals surface area contributed by atoms with E-state index in [4.69, 9.17) is 14.3 Å². The van der Waals surface area contributed by atoms with Crippen molar-refractivity contribution in [1.29, 1.82) is 0 Å². The maximum atomic E-state index is 13.3. The zero-order valence-corrected chi connectivity index (χ0v) is 17.6. The molecule has 30 heavy (non-hydrogen) atoms. The Morgan fingerprint density at radius 1 is 1.27 bits per heavy atom. The van der Waals surface area contributed by atoms with Crippen molar-refractivity contribution < 1.29 is 19.1 Å². The number of carboxylic acid groups (broad SMARTS) is 1. The average Bonchev–Trinajstić information content (AvgIpc) is 3.24. The van der Waals surface area contributed by atoms with Gasteiger partial charge in [-0.15, -0.1) is 0 Å². The molecule has 0 fully saturated rings. The van der Waals surface area contributed by atoms with Crippen molar-refractivity contribution in [2.45, 2.75) is 46.7 Å². The van der Waals surface area contributed by atoms with E-state index >= 15 is 0 Å². The first-order valence-electron chi connectivity index (χ1n) is 10.2. The van der Waals surface area contributed by atoms with E-state index in [0.29, 0.717) is 41.1 Å². The lowest BCUT2D eigenvalue weighted by molar-refractivity contribution is 0.193. The molecule has 7 nitrogen and oxygen atoms in total. The molecule has 0 unspecified atom stereocenters. The molecule has 0 radical (unpaired) electrons. The maximum absolute atomic E-state index is 13.3. The fourth-order valence-corrected chi connectivity index (χ4v) is 3.43. The van der Waals surface area contributed by atoms with E-state index in [2.05, 4.69) is 12.2 Å². The van der Waals surface area contributed by atoms with E-state index in [1.54, 1.807) is 23.0 Å². The van der Waals surface area contributed by atoms with Gasteiger partial charge < -0.3 is 24.1 Å². The number of carbonyl (C=O) groups is 1. The van der Waals surface area contributed by atoms with E-state index in [-0.39, 0.29) is 18.0 Å². The lowest BCUT2D eigenvalue weighted by atomic mass is 10.0. The summed E-state index contributed by atoms with van der Waals surface area (Å²) in [6.07, 6.45) is 2.27. The Balaban J connectivity index is 2.26. The molecular weight excluding hydrogens is 384 g/mol. The molecule has 0 saturated heterocycles. The van der Waals surface area contributed by atoms with E-state index in [9.17, 15) is 9.59 Å². The average molecular weight is 412 g/mol. The standard InChI is InChI=1S/C23H28N2O5/c1-4-5-10-30-21-18-12-16(20-7-6-11-29-20)8-9-17(18)22(26)25(14-15(2)3)19(21)13-24-23(27)28/h6-9,11-12,15,24H,4-5,10,13-14H2,1-3H3,(H,27,28). The number of amides is 1. The number of nitrogens with one attached hydrogen (secondary N) is 1. The molecule has 1 amide bonds. The van der Waals surface area contributed by atoms with Crippen molar-refractivity contribution in [3.63, 3.8) is 0 Å². The first kappa shape index (κ1) is 21.5. The minimum atomic E-state index is -1.15. The Kier molecular flexibility index (Phi) is 6.82. The zero-order valence-electron chi connectivity index (χ0n) is 17.6. The summed E-state index contributed by atoms with van der Waals surface area (Å²) in [5, 5.41) is 12.7. The quantitative estimate of drug-likeness (QED) is 0.489. The minimum Gasteiger partial charge on any atom is -0.491 e. The molecule has 1 aromatic carbocycles. The molecule has 2 heterocycles. The second kappa shape index (κ2) is 9.52. The molecule has 0 aliphatic carbocycles. The third kappa shape index (κ3) is 4.67. The predicted molar refractivity (Wildman–Crippen MR) is 116 cm³/mol. The Labute approximate surface area is 175 Å². The minimum absolute atomic E-state index is 0.0142. The third-order valence-electron chi connectivity index (χ3n) is 4.83. The topological polar surface area (TPSA) is 93.7 Å². The number of fused-ring (bicyclic) bond motifs is 1. The molecule has 160 valence electrons. The van der Waals surface area contributed by atoms with Gasteiger partial charge in [-0.3, -0.25) is 4.79 Å². The number of nitrogens with zero attached hydrogens (tertiary/aromatic N) is 1. The Morgan fingerprint density at radius 3 is 2.70 bits per heavy atom. The van der Waals surface area contributed by atoms with Gasteiger partial charge in [0.25, 0.3) is 5.56 Å². The second-order valence-electron chi connectivity index (χ2n) is 7.68. The first-order chi connectivity index (χ1) is 14.4. The fourth-order valence-electron chi connectivity index (χ4n) is 3.43. The number of furan rings is 1. The van der Waals surface area contributed by atoms with Crippen molar-refractivity contribution in [2.75, 3.05) is 6.61 Å². The first-order valence-corrected chi connectivity index (χ1v) is 10.2. The van der Waals surface area contributed by atoms with Crippen LogP contribution in [0.25, 0.3) is 22.1 Å². The zero-order chi connectivity index (χ0) is 21.7. The molecule has 0 atom stereocenters. The lowest BCUT2D eigenvalue weighted by Gasteiger charge is -2.21. The lowest BCUT2D eigenvalue weighted by Crippen LogP contribution is -2.31. The molecule has 0 aliphatic heterocycles. The van der Waals surface area contributed by atoms with Crippen LogP contribution in [0.3, 0.4) is 0 Å². The van der Waals surface area contributed by atoms with Crippen LogP contribution in [-0.2, 0) is 13.1 Å². The summed E-state index contributed by atoms with van der Waals surface area (Å²) in [5.41, 5.74) is 1.21. The van der Waals surface area contributed by atoms with E-state index in [1.807, 2.05) is 32.0 Å². The summed E-state index contributed by atoms with van der Waals surface area (Å²) in [4.78, 5) is 24.5. The Morgan fingerprint density at radius 2 is 2.07 bits per heavy atom. The molecule has 3 rings (SSSR count). The normalized spacial score (nSPS) is 11.2. The molecule has 2 aromatic heterocycles. The smallest absolute Gasteiger partial charge is 0.404 e. The maximum Gasteiger partial charge on any atom is 0.404 e. The summed E-state index contributed by atoms with van der Waals surface area (Å²) >= 11 is 0. The molecular formula is C23H28N2O5. The summed E-state index contributed by atoms with van der Waals surface area (Å²) < 4.78 is 13.3. The van der Waals surface area contributed by atoms with E-state index < -0.39 is 6.09 Å². The summed E-state index contributed by atoms with van der Waals surface area (Å²) in [6, 6.07) is 9.17.